The molecule has 0 saturated carbocycles. The van der Waals surface area contributed by atoms with E-state index in [0.29, 0.717) is 38.1 Å². The maximum Gasteiger partial charge on any atom is 0.309 e. The van der Waals surface area contributed by atoms with Crippen LogP contribution in [0.15, 0.2) is 6.07 Å². The molecule has 0 unspecified atom stereocenters. The monoisotopic (exact) mass is 414 g/mol. The van der Waals surface area contributed by atoms with Crippen molar-refractivity contribution in [3.05, 3.63) is 23.0 Å². The second kappa shape index (κ2) is 9.67. The van der Waals surface area contributed by atoms with Crippen LogP contribution in [0.2, 0.25) is 0 Å². The van der Waals surface area contributed by atoms with Crippen molar-refractivity contribution < 1.29 is 27.5 Å². The average molecular weight is 415 g/mol. The van der Waals surface area contributed by atoms with Crippen LogP contribution in [-0.2, 0) is 30.8 Å². The number of aromatic nitrogens is 1. The zero-order valence-corrected chi connectivity index (χ0v) is 17.9. The quantitative estimate of drug-likeness (QED) is 0.346. The van der Waals surface area contributed by atoms with Gasteiger partial charge in [-0.2, -0.15) is 0 Å². The van der Waals surface area contributed by atoms with Gasteiger partial charge in [0.05, 0.1) is 12.2 Å². The van der Waals surface area contributed by atoms with Crippen molar-refractivity contribution in [1.82, 2.24) is 8.87 Å². The number of sulfonamides is 1. The molecule has 0 aromatic carbocycles. The minimum atomic E-state index is -3.23. The number of hydrogen-bond donors (Lipinski definition) is 0. The van der Waals surface area contributed by atoms with Crippen molar-refractivity contribution >= 4 is 21.8 Å². The number of rotatable bonds is 9. The number of hydrogen-bond acceptors (Lipinski definition) is 6. The number of aryl methyl sites for hydroxylation is 1. The Morgan fingerprint density at radius 3 is 2.43 bits per heavy atom. The highest BCUT2D eigenvalue weighted by molar-refractivity contribution is 7.88. The van der Waals surface area contributed by atoms with E-state index in [1.54, 1.807) is 7.11 Å². The third-order valence-electron chi connectivity index (χ3n) is 5.21. The molecule has 0 spiro atoms. The lowest BCUT2D eigenvalue weighted by Gasteiger charge is -2.28. The summed E-state index contributed by atoms with van der Waals surface area (Å²) in [5, 5.41) is 0. The first-order chi connectivity index (χ1) is 13.1. The molecular weight excluding hydrogens is 384 g/mol. The summed E-state index contributed by atoms with van der Waals surface area (Å²) in [5.74, 6) is -1.03. The van der Waals surface area contributed by atoms with Gasteiger partial charge < -0.3 is 14.0 Å². The molecule has 0 bridgehead atoms. The first-order valence-corrected chi connectivity index (χ1v) is 11.3. The first-order valence-electron chi connectivity index (χ1n) is 9.45. The van der Waals surface area contributed by atoms with Gasteiger partial charge in [-0.1, -0.05) is 0 Å². The Balaban J connectivity index is 1.89. The summed E-state index contributed by atoms with van der Waals surface area (Å²) in [5.41, 5.74) is 2.40. The van der Waals surface area contributed by atoms with Crippen LogP contribution in [0, 0.1) is 19.8 Å². The minimum absolute atomic E-state index is 0.229. The maximum absolute atomic E-state index is 12.5. The molecule has 2 rings (SSSR count). The zero-order chi connectivity index (χ0) is 20.9. The number of nitrogens with zero attached hydrogens (tertiary/aromatic N) is 2. The molecule has 1 saturated heterocycles. The topological polar surface area (TPSA) is 94.9 Å². The number of esters is 1. The van der Waals surface area contributed by atoms with Gasteiger partial charge in [-0.25, -0.2) is 12.7 Å². The summed E-state index contributed by atoms with van der Waals surface area (Å²) in [7, 11) is -1.58. The molecule has 2 heterocycles. The molecule has 0 radical (unpaired) electrons. The molecular formula is C19H30N2O6S. The molecule has 158 valence electrons. The SMILES string of the molecule is COCCCn1c(C)cc(C(=O)COC(=O)C2CCN(S(C)(=O)=O)CC2)c1C. The van der Waals surface area contributed by atoms with Gasteiger partial charge in [-0.05, 0) is 39.2 Å². The summed E-state index contributed by atoms with van der Waals surface area (Å²) in [6.45, 7) is 5.54. The van der Waals surface area contributed by atoms with Crippen molar-refractivity contribution in [3.63, 3.8) is 0 Å². The van der Waals surface area contributed by atoms with E-state index in [0.717, 1.165) is 30.6 Å². The fourth-order valence-electron chi connectivity index (χ4n) is 3.55. The summed E-state index contributed by atoms with van der Waals surface area (Å²) in [4.78, 5) is 24.8. The largest absolute Gasteiger partial charge is 0.457 e. The van der Waals surface area contributed by atoms with E-state index < -0.39 is 16.0 Å². The molecule has 1 aromatic rings. The van der Waals surface area contributed by atoms with Crippen LogP contribution in [0.25, 0.3) is 0 Å². The fourth-order valence-corrected chi connectivity index (χ4v) is 4.42. The predicted molar refractivity (Wildman–Crippen MR) is 105 cm³/mol. The van der Waals surface area contributed by atoms with Crippen LogP contribution < -0.4 is 0 Å². The summed E-state index contributed by atoms with van der Waals surface area (Å²) >= 11 is 0. The summed E-state index contributed by atoms with van der Waals surface area (Å²) in [6, 6.07) is 1.82. The number of piperidine rings is 1. The Kier molecular flexibility index (Phi) is 7.79. The number of ether oxygens (including phenoxy) is 2. The van der Waals surface area contributed by atoms with Gasteiger partial charge in [-0.15, -0.1) is 0 Å². The van der Waals surface area contributed by atoms with E-state index in [2.05, 4.69) is 4.57 Å². The lowest BCUT2D eigenvalue weighted by Crippen LogP contribution is -2.40. The van der Waals surface area contributed by atoms with Crippen LogP contribution in [0.4, 0.5) is 0 Å². The lowest BCUT2D eigenvalue weighted by atomic mass is 9.98. The standard InChI is InChI=1S/C19H30N2O6S/c1-14-12-17(15(2)21(14)8-5-11-26-3)18(22)13-27-19(23)16-6-9-20(10-7-16)28(4,24)25/h12,16H,5-11,13H2,1-4H3. The van der Waals surface area contributed by atoms with Crippen LogP contribution >= 0.6 is 0 Å². The minimum Gasteiger partial charge on any atom is -0.457 e. The van der Waals surface area contributed by atoms with E-state index in [1.807, 2.05) is 19.9 Å². The molecule has 9 heteroatoms. The van der Waals surface area contributed by atoms with Crippen LogP contribution in [-0.4, -0.2) is 68.7 Å². The van der Waals surface area contributed by atoms with E-state index in [4.69, 9.17) is 9.47 Å². The molecule has 0 N–H and O–H groups in total. The van der Waals surface area contributed by atoms with Crippen molar-refractivity contribution in [3.8, 4) is 0 Å². The molecule has 0 amide bonds. The maximum atomic E-state index is 12.5. The molecule has 1 aliphatic heterocycles. The highest BCUT2D eigenvalue weighted by Gasteiger charge is 2.30. The van der Waals surface area contributed by atoms with E-state index >= 15 is 0 Å². The molecule has 8 nitrogen and oxygen atoms in total. The van der Waals surface area contributed by atoms with E-state index in [-0.39, 0.29) is 18.3 Å². The van der Waals surface area contributed by atoms with Gasteiger partial charge in [0.15, 0.2) is 6.61 Å². The van der Waals surface area contributed by atoms with Crippen molar-refractivity contribution in [1.29, 1.82) is 0 Å². The van der Waals surface area contributed by atoms with Gasteiger partial charge in [0.1, 0.15) is 0 Å². The number of ketones is 1. The average Bonchev–Trinajstić information content (AvgIpc) is 2.93. The second-order valence-corrected chi connectivity index (χ2v) is 9.23. The number of methoxy groups -OCH3 is 1. The van der Waals surface area contributed by atoms with Gasteiger partial charge in [-0.3, -0.25) is 9.59 Å². The first kappa shape index (κ1) is 22.6. The lowest BCUT2D eigenvalue weighted by molar-refractivity contribution is -0.148. The molecule has 1 aromatic heterocycles. The Morgan fingerprint density at radius 1 is 1.21 bits per heavy atom. The number of carbonyl (C=O) groups excluding carboxylic acids is 2. The number of carbonyl (C=O) groups is 2. The molecule has 0 atom stereocenters. The van der Waals surface area contributed by atoms with Gasteiger partial charge >= 0.3 is 5.97 Å². The van der Waals surface area contributed by atoms with Crippen LogP contribution in [0.5, 0.6) is 0 Å². The van der Waals surface area contributed by atoms with E-state index in [1.165, 1.54) is 4.31 Å². The molecule has 1 aliphatic rings. The van der Waals surface area contributed by atoms with Gasteiger partial charge in [0.2, 0.25) is 15.8 Å². The third-order valence-corrected chi connectivity index (χ3v) is 6.51. The van der Waals surface area contributed by atoms with Crippen LogP contribution in [0.1, 0.15) is 41.0 Å². The normalized spacial score (nSPS) is 16.3. The Bertz CT molecular complexity index is 807. The summed E-state index contributed by atoms with van der Waals surface area (Å²) in [6.07, 6.45) is 2.83. The van der Waals surface area contributed by atoms with E-state index in [9.17, 15) is 18.0 Å². The van der Waals surface area contributed by atoms with Gasteiger partial charge in [0, 0.05) is 50.3 Å². The van der Waals surface area contributed by atoms with Crippen LogP contribution in [0.3, 0.4) is 0 Å². The molecule has 1 fully saturated rings. The van der Waals surface area contributed by atoms with Crippen molar-refractivity contribution in [2.45, 2.75) is 39.7 Å². The predicted octanol–water partition coefficient (Wildman–Crippen LogP) is 1.54. The van der Waals surface area contributed by atoms with Crippen molar-refractivity contribution in [2.75, 3.05) is 39.7 Å². The third kappa shape index (κ3) is 5.65. The Morgan fingerprint density at radius 2 is 1.86 bits per heavy atom. The summed E-state index contributed by atoms with van der Waals surface area (Å²) < 4.78 is 36.8. The molecule has 28 heavy (non-hydrogen) atoms. The smallest absolute Gasteiger partial charge is 0.309 e. The number of Topliss-reactive ketones (excluding diaryl/α,β-unsaturated/α-hetero) is 1. The second-order valence-electron chi connectivity index (χ2n) is 7.25. The van der Waals surface area contributed by atoms with Gasteiger partial charge in [0.25, 0.3) is 0 Å². The molecule has 0 aliphatic carbocycles. The zero-order valence-electron chi connectivity index (χ0n) is 17.1. The Labute approximate surface area is 166 Å². The highest BCUT2D eigenvalue weighted by Crippen LogP contribution is 2.21. The fraction of sp³-hybridized carbons (Fsp3) is 0.684. The Hall–Kier alpha value is -1.71. The van der Waals surface area contributed by atoms with Crippen molar-refractivity contribution in [2.24, 2.45) is 5.92 Å². The highest BCUT2D eigenvalue weighted by atomic mass is 32.2.